The summed E-state index contributed by atoms with van der Waals surface area (Å²) >= 11 is 0. The van der Waals surface area contributed by atoms with Crippen LogP contribution >= 0.6 is 0 Å². The van der Waals surface area contributed by atoms with E-state index >= 15 is 0 Å². The molecule has 36 heavy (non-hydrogen) atoms. The van der Waals surface area contributed by atoms with Crippen molar-refractivity contribution >= 4 is 5.91 Å². The zero-order valence-electron chi connectivity index (χ0n) is 19.2. The van der Waals surface area contributed by atoms with E-state index in [1.165, 1.54) is 24.5 Å². The van der Waals surface area contributed by atoms with Crippen molar-refractivity contribution in [2.75, 3.05) is 19.9 Å². The number of nitrogens with zero attached hydrogens (tertiary/aromatic N) is 3. The Kier molecular flexibility index (Phi) is 8.01. The summed E-state index contributed by atoms with van der Waals surface area (Å²) in [5.74, 6) is -1.28. The molecule has 0 bridgehead atoms. The Bertz CT molecular complexity index is 1150. The van der Waals surface area contributed by atoms with E-state index in [2.05, 4.69) is 15.3 Å². The molecule has 2 atom stereocenters. The van der Waals surface area contributed by atoms with Gasteiger partial charge in [-0.05, 0) is 65.9 Å². The van der Waals surface area contributed by atoms with Gasteiger partial charge in [0.25, 0.3) is 0 Å². The van der Waals surface area contributed by atoms with Gasteiger partial charge in [-0.15, -0.1) is 0 Å². The van der Waals surface area contributed by atoms with Gasteiger partial charge in [0.15, 0.2) is 11.5 Å². The molecule has 0 saturated heterocycles. The summed E-state index contributed by atoms with van der Waals surface area (Å²) < 4.78 is 51.8. The maximum absolute atomic E-state index is 13.7. The second-order valence-electron chi connectivity index (χ2n) is 8.16. The van der Waals surface area contributed by atoms with Crippen molar-refractivity contribution in [3.05, 3.63) is 83.9 Å². The number of aliphatic hydroxyl groups excluding tert-OH is 1. The number of hydrogen-bond donors (Lipinski definition) is 2. The minimum absolute atomic E-state index is 0.0244. The molecule has 0 spiro atoms. The minimum atomic E-state index is -5.14. The summed E-state index contributed by atoms with van der Waals surface area (Å²) in [6, 6.07) is 10.1. The molecule has 0 saturated carbocycles. The van der Waals surface area contributed by atoms with Crippen LogP contribution in [0.3, 0.4) is 0 Å². The molecule has 0 aliphatic carbocycles. The monoisotopic (exact) mass is 502 g/mol. The van der Waals surface area contributed by atoms with Crippen LogP contribution in [-0.2, 0) is 17.6 Å². The van der Waals surface area contributed by atoms with Gasteiger partial charge < -0.3 is 19.5 Å². The lowest BCUT2D eigenvalue weighted by atomic mass is 10.0. The summed E-state index contributed by atoms with van der Waals surface area (Å²) in [5, 5.41) is 14.0. The molecule has 1 aliphatic rings. The maximum atomic E-state index is 13.7. The van der Waals surface area contributed by atoms with Crippen molar-refractivity contribution in [1.29, 1.82) is 0 Å². The first-order valence-corrected chi connectivity index (χ1v) is 11.3. The molecule has 11 heteroatoms. The largest absolute Gasteiger partial charge is 0.471 e. The second-order valence-corrected chi connectivity index (χ2v) is 8.16. The number of fused-ring (bicyclic) bond motifs is 1. The minimum Gasteiger partial charge on any atom is -0.454 e. The molecule has 3 heterocycles. The highest BCUT2D eigenvalue weighted by Gasteiger charge is 2.46. The first-order chi connectivity index (χ1) is 17.3. The number of carbonyl (C=O) groups excluding carboxylic acids is 1. The number of aromatic nitrogens is 2. The third-order valence-electron chi connectivity index (χ3n) is 5.78. The highest BCUT2D eigenvalue weighted by molar-refractivity contribution is 5.82. The average molecular weight is 502 g/mol. The Morgan fingerprint density at radius 3 is 2.22 bits per heavy atom. The number of benzene rings is 1. The normalized spacial score (nSPS) is 14.3. The lowest BCUT2D eigenvalue weighted by molar-refractivity contribution is -0.190. The van der Waals surface area contributed by atoms with E-state index in [1.54, 1.807) is 42.7 Å². The van der Waals surface area contributed by atoms with Gasteiger partial charge in [0.1, 0.15) is 6.23 Å². The number of halogens is 3. The predicted molar refractivity (Wildman–Crippen MR) is 123 cm³/mol. The molecule has 1 aliphatic heterocycles. The first kappa shape index (κ1) is 25.4. The van der Waals surface area contributed by atoms with Crippen molar-refractivity contribution in [1.82, 2.24) is 20.2 Å². The summed E-state index contributed by atoms with van der Waals surface area (Å²) in [6.45, 7) is -0.0569. The Balaban J connectivity index is 1.62. The third kappa shape index (κ3) is 6.29. The van der Waals surface area contributed by atoms with E-state index in [1.807, 2.05) is 0 Å². The van der Waals surface area contributed by atoms with E-state index in [0.717, 1.165) is 5.56 Å². The fourth-order valence-corrected chi connectivity index (χ4v) is 3.98. The Labute approximate surface area is 205 Å². The van der Waals surface area contributed by atoms with Crippen molar-refractivity contribution < 1.29 is 32.5 Å². The topological polar surface area (TPSA) is 96.8 Å². The molecule has 3 aromatic rings. The molecule has 190 valence electrons. The van der Waals surface area contributed by atoms with Crippen LogP contribution < -0.4 is 14.8 Å². The van der Waals surface area contributed by atoms with E-state index in [-0.39, 0.29) is 31.9 Å². The highest BCUT2D eigenvalue weighted by atomic mass is 19.4. The van der Waals surface area contributed by atoms with Gasteiger partial charge >= 0.3 is 12.1 Å². The van der Waals surface area contributed by atoms with Crippen LogP contribution in [0.4, 0.5) is 13.2 Å². The fourth-order valence-electron chi connectivity index (χ4n) is 3.98. The summed E-state index contributed by atoms with van der Waals surface area (Å²) in [4.78, 5) is 21.1. The quantitative estimate of drug-likeness (QED) is 0.412. The molecule has 0 radical (unpaired) electrons. The number of alkyl halides is 3. The number of nitrogens with one attached hydrogen (secondary N) is 1. The van der Waals surface area contributed by atoms with Crippen molar-refractivity contribution in [2.24, 2.45) is 0 Å². The molecule has 2 unspecified atom stereocenters. The Hall–Kier alpha value is -3.70. The van der Waals surface area contributed by atoms with Gasteiger partial charge in [-0.1, -0.05) is 6.07 Å². The summed E-state index contributed by atoms with van der Waals surface area (Å²) in [5.41, 5.74) is 1.91. The van der Waals surface area contributed by atoms with Crippen LogP contribution in [0.2, 0.25) is 0 Å². The van der Waals surface area contributed by atoms with Gasteiger partial charge in [-0.3, -0.25) is 20.1 Å². The standard InChI is InChI=1S/C25H25F3N4O4/c26-25(27,28)24(34)32(14-8-18-5-11-30-12-6-18)22(19-1-2-20-21(15-19)36-16-35-20)23(33)31-13-7-17-3-9-29-10-4-17/h1-6,9-12,15,22-23,31,33H,7-8,13-14,16H2. The zero-order valence-corrected chi connectivity index (χ0v) is 19.2. The molecule has 4 rings (SSSR count). The Morgan fingerprint density at radius 2 is 1.58 bits per heavy atom. The van der Waals surface area contributed by atoms with Gasteiger partial charge in [0.2, 0.25) is 6.79 Å². The molecular formula is C25H25F3N4O4. The SMILES string of the molecule is O=C(N(CCc1ccncc1)C(c1ccc2c(c1)OCO2)C(O)NCCc1ccncc1)C(F)(F)F. The van der Waals surface area contributed by atoms with Gasteiger partial charge in [0, 0.05) is 37.9 Å². The van der Waals surface area contributed by atoms with Crippen molar-refractivity contribution in [2.45, 2.75) is 31.3 Å². The molecule has 1 amide bonds. The summed E-state index contributed by atoms with van der Waals surface area (Å²) in [7, 11) is 0. The van der Waals surface area contributed by atoms with Crippen LogP contribution in [0.15, 0.2) is 67.3 Å². The highest BCUT2D eigenvalue weighted by Crippen LogP contribution is 2.37. The third-order valence-corrected chi connectivity index (χ3v) is 5.78. The van der Waals surface area contributed by atoms with Gasteiger partial charge in [-0.2, -0.15) is 13.2 Å². The number of rotatable bonds is 10. The number of carbonyl (C=O) groups is 1. The van der Waals surface area contributed by atoms with E-state index in [4.69, 9.17) is 9.47 Å². The first-order valence-electron chi connectivity index (χ1n) is 11.3. The number of ether oxygens (including phenoxy) is 2. The smallest absolute Gasteiger partial charge is 0.454 e. The lowest BCUT2D eigenvalue weighted by Crippen LogP contribution is -2.51. The second kappa shape index (κ2) is 11.4. The maximum Gasteiger partial charge on any atom is 0.471 e. The molecule has 2 aromatic heterocycles. The average Bonchev–Trinajstić information content (AvgIpc) is 3.35. The van der Waals surface area contributed by atoms with Crippen LogP contribution in [0.5, 0.6) is 11.5 Å². The number of amides is 1. The number of hydrogen-bond acceptors (Lipinski definition) is 7. The lowest BCUT2D eigenvalue weighted by Gasteiger charge is -2.36. The van der Waals surface area contributed by atoms with Gasteiger partial charge in [0.05, 0.1) is 6.04 Å². The molecule has 2 N–H and O–H groups in total. The van der Waals surface area contributed by atoms with Crippen LogP contribution in [0, 0.1) is 0 Å². The molecule has 8 nitrogen and oxygen atoms in total. The number of aliphatic hydroxyl groups is 1. The number of pyridine rings is 2. The van der Waals surface area contributed by atoms with Crippen LogP contribution in [0.25, 0.3) is 0 Å². The Morgan fingerprint density at radius 1 is 0.972 bits per heavy atom. The molecule has 1 aromatic carbocycles. The molecule has 0 fully saturated rings. The van der Waals surface area contributed by atoms with E-state index in [9.17, 15) is 23.1 Å². The predicted octanol–water partition coefficient (Wildman–Crippen LogP) is 3.03. The zero-order chi connectivity index (χ0) is 25.5. The van der Waals surface area contributed by atoms with Crippen molar-refractivity contribution in [3.8, 4) is 11.5 Å². The van der Waals surface area contributed by atoms with Crippen LogP contribution in [-0.4, -0.2) is 58.2 Å². The fraction of sp³-hybridized carbons (Fsp3) is 0.320. The summed E-state index contributed by atoms with van der Waals surface area (Å²) in [6.07, 6.45) is 0.298. The molecular weight excluding hydrogens is 477 g/mol. The van der Waals surface area contributed by atoms with Crippen molar-refractivity contribution in [3.63, 3.8) is 0 Å². The van der Waals surface area contributed by atoms with E-state index < -0.39 is 24.4 Å². The van der Waals surface area contributed by atoms with E-state index in [0.29, 0.717) is 28.4 Å². The van der Waals surface area contributed by atoms with Gasteiger partial charge in [-0.25, -0.2) is 0 Å². The van der Waals surface area contributed by atoms with Crippen LogP contribution in [0.1, 0.15) is 22.7 Å².